The zero-order chi connectivity index (χ0) is 14.5. The van der Waals surface area contributed by atoms with Gasteiger partial charge in [-0.1, -0.05) is 34.1 Å². The van der Waals surface area contributed by atoms with Crippen molar-refractivity contribution in [2.24, 2.45) is 0 Å². The van der Waals surface area contributed by atoms with E-state index in [1.54, 1.807) is 7.11 Å². The van der Waals surface area contributed by atoms with Crippen LogP contribution in [-0.2, 0) is 13.1 Å². The van der Waals surface area contributed by atoms with E-state index in [-0.39, 0.29) is 0 Å². The molecule has 0 fully saturated rings. The average molecular weight is 399 g/mol. The highest BCUT2D eigenvalue weighted by atomic mass is 79.9. The highest BCUT2D eigenvalue weighted by molar-refractivity contribution is 9.10. The van der Waals surface area contributed by atoms with Gasteiger partial charge in [0.05, 0.1) is 11.6 Å². The van der Waals surface area contributed by atoms with Crippen LogP contribution in [0.3, 0.4) is 0 Å². The Morgan fingerprint density at radius 3 is 2.15 bits per heavy atom. The number of nitrogens with zero attached hydrogens (tertiary/aromatic N) is 1. The summed E-state index contributed by atoms with van der Waals surface area (Å²) < 4.78 is 7.36. The zero-order valence-electron chi connectivity index (χ0n) is 11.6. The molecular weight excluding hydrogens is 382 g/mol. The Morgan fingerprint density at radius 1 is 0.950 bits per heavy atom. The van der Waals surface area contributed by atoms with Crippen molar-refractivity contribution in [3.05, 3.63) is 62.5 Å². The Morgan fingerprint density at radius 2 is 1.55 bits per heavy atom. The lowest BCUT2D eigenvalue weighted by Gasteiger charge is -2.17. The number of methoxy groups -OCH3 is 1. The van der Waals surface area contributed by atoms with E-state index in [4.69, 9.17) is 4.74 Å². The van der Waals surface area contributed by atoms with Crippen molar-refractivity contribution in [2.45, 2.75) is 13.1 Å². The molecule has 0 aromatic heterocycles. The highest BCUT2D eigenvalue weighted by Gasteiger charge is 2.05. The molecule has 0 unspecified atom stereocenters. The fraction of sp³-hybridized carbons (Fsp3) is 0.250. The van der Waals surface area contributed by atoms with Crippen LogP contribution in [0.4, 0.5) is 0 Å². The molecule has 2 aromatic carbocycles. The van der Waals surface area contributed by atoms with Crippen molar-refractivity contribution >= 4 is 31.9 Å². The molecule has 0 aliphatic rings. The number of rotatable bonds is 5. The summed E-state index contributed by atoms with van der Waals surface area (Å²) in [6.45, 7) is 1.83. The van der Waals surface area contributed by atoms with E-state index in [0.717, 1.165) is 27.8 Å². The zero-order valence-corrected chi connectivity index (χ0v) is 14.7. The van der Waals surface area contributed by atoms with Crippen LogP contribution in [0.5, 0.6) is 5.75 Å². The van der Waals surface area contributed by atoms with Crippen LogP contribution in [0.15, 0.2) is 51.4 Å². The molecule has 0 aliphatic heterocycles. The normalized spacial score (nSPS) is 10.8. The first-order chi connectivity index (χ1) is 9.58. The number of benzene rings is 2. The summed E-state index contributed by atoms with van der Waals surface area (Å²) in [5.74, 6) is 0.865. The second kappa shape index (κ2) is 7.25. The lowest BCUT2D eigenvalue weighted by Crippen LogP contribution is -2.17. The molecule has 4 heteroatoms. The van der Waals surface area contributed by atoms with Crippen molar-refractivity contribution in [3.8, 4) is 5.75 Å². The van der Waals surface area contributed by atoms with Crippen molar-refractivity contribution < 1.29 is 4.74 Å². The Hall–Kier alpha value is -0.840. The van der Waals surface area contributed by atoms with Gasteiger partial charge in [-0.05, 0) is 58.4 Å². The fourth-order valence-corrected chi connectivity index (χ4v) is 2.93. The molecule has 2 nitrogen and oxygen atoms in total. The third-order valence-electron chi connectivity index (χ3n) is 3.03. The number of ether oxygens (including phenoxy) is 1. The molecule has 20 heavy (non-hydrogen) atoms. The van der Waals surface area contributed by atoms with E-state index in [2.05, 4.69) is 80.2 Å². The minimum absolute atomic E-state index is 0.865. The van der Waals surface area contributed by atoms with Crippen LogP contribution in [-0.4, -0.2) is 19.1 Å². The van der Waals surface area contributed by atoms with Crippen LogP contribution in [0, 0.1) is 0 Å². The standard InChI is InChI=1S/C16H17Br2NO/c1-19(10-12-3-6-14(17)7-4-12)11-13-5-8-16(20-2)15(18)9-13/h3-9H,10-11H2,1-2H3. The van der Waals surface area contributed by atoms with Gasteiger partial charge < -0.3 is 4.74 Å². The monoisotopic (exact) mass is 397 g/mol. The predicted molar refractivity (Wildman–Crippen MR) is 90.0 cm³/mol. The number of hydrogen-bond acceptors (Lipinski definition) is 2. The first kappa shape index (κ1) is 15.5. The molecule has 0 heterocycles. The fourth-order valence-electron chi connectivity index (χ4n) is 2.08. The van der Waals surface area contributed by atoms with Gasteiger partial charge in [0.15, 0.2) is 0 Å². The average Bonchev–Trinajstić information content (AvgIpc) is 2.41. The van der Waals surface area contributed by atoms with Gasteiger partial charge in [0.2, 0.25) is 0 Å². The minimum Gasteiger partial charge on any atom is -0.496 e. The van der Waals surface area contributed by atoms with Gasteiger partial charge in [-0.2, -0.15) is 0 Å². The maximum Gasteiger partial charge on any atom is 0.133 e. The lowest BCUT2D eigenvalue weighted by atomic mass is 10.2. The van der Waals surface area contributed by atoms with Gasteiger partial charge in [0.1, 0.15) is 5.75 Å². The molecule has 0 aliphatic carbocycles. The molecule has 0 radical (unpaired) electrons. The molecule has 0 bridgehead atoms. The van der Waals surface area contributed by atoms with Crippen molar-refractivity contribution in [2.75, 3.05) is 14.2 Å². The first-order valence-corrected chi connectivity index (χ1v) is 7.92. The number of hydrogen-bond donors (Lipinski definition) is 0. The van der Waals surface area contributed by atoms with Gasteiger partial charge in [0, 0.05) is 17.6 Å². The Labute approximate surface area is 137 Å². The molecule has 0 saturated heterocycles. The van der Waals surface area contributed by atoms with Crippen LogP contribution < -0.4 is 4.74 Å². The molecule has 2 rings (SSSR count). The molecule has 106 valence electrons. The van der Waals surface area contributed by atoms with Crippen molar-refractivity contribution in [1.82, 2.24) is 4.90 Å². The van der Waals surface area contributed by atoms with E-state index < -0.39 is 0 Å². The molecule has 0 amide bonds. The summed E-state index contributed by atoms with van der Waals surface area (Å²) in [7, 11) is 3.81. The van der Waals surface area contributed by atoms with Crippen molar-refractivity contribution in [3.63, 3.8) is 0 Å². The summed E-state index contributed by atoms with van der Waals surface area (Å²) >= 11 is 6.98. The molecule has 2 aromatic rings. The predicted octanol–water partition coefficient (Wildman–Crippen LogP) is 4.85. The maximum absolute atomic E-state index is 5.25. The SMILES string of the molecule is COc1ccc(CN(C)Cc2ccc(Br)cc2)cc1Br. The third-order valence-corrected chi connectivity index (χ3v) is 4.18. The first-order valence-electron chi connectivity index (χ1n) is 6.34. The summed E-state index contributed by atoms with van der Waals surface area (Å²) in [5, 5.41) is 0. The van der Waals surface area contributed by atoms with E-state index in [1.165, 1.54) is 11.1 Å². The topological polar surface area (TPSA) is 12.5 Å². The van der Waals surface area contributed by atoms with Gasteiger partial charge in [0.25, 0.3) is 0 Å². The van der Waals surface area contributed by atoms with Gasteiger partial charge in [-0.3, -0.25) is 4.90 Å². The Bertz CT molecular complexity index is 569. The van der Waals surface area contributed by atoms with Gasteiger partial charge >= 0.3 is 0 Å². The number of halogens is 2. The second-order valence-corrected chi connectivity index (χ2v) is 6.54. The molecule has 0 N–H and O–H groups in total. The van der Waals surface area contributed by atoms with Crippen LogP contribution in [0.25, 0.3) is 0 Å². The lowest BCUT2D eigenvalue weighted by molar-refractivity contribution is 0.318. The van der Waals surface area contributed by atoms with E-state index in [1.807, 2.05) is 6.07 Å². The van der Waals surface area contributed by atoms with E-state index in [0.29, 0.717) is 0 Å². The summed E-state index contributed by atoms with van der Waals surface area (Å²) in [5.41, 5.74) is 2.57. The largest absolute Gasteiger partial charge is 0.496 e. The Balaban J connectivity index is 1.99. The molecule has 0 atom stereocenters. The van der Waals surface area contributed by atoms with Crippen LogP contribution in [0.1, 0.15) is 11.1 Å². The summed E-state index contributed by atoms with van der Waals surface area (Å²) in [6.07, 6.45) is 0. The van der Waals surface area contributed by atoms with Crippen LogP contribution in [0.2, 0.25) is 0 Å². The maximum atomic E-state index is 5.25. The van der Waals surface area contributed by atoms with Gasteiger partial charge in [-0.25, -0.2) is 0 Å². The summed E-state index contributed by atoms with van der Waals surface area (Å²) in [6, 6.07) is 14.6. The molecule has 0 spiro atoms. The Kier molecular flexibility index (Phi) is 5.64. The molecule has 0 saturated carbocycles. The van der Waals surface area contributed by atoms with Gasteiger partial charge in [-0.15, -0.1) is 0 Å². The second-order valence-electron chi connectivity index (χ2n) is 4.77. The smallest absolute Gasteiger partial charge is 0.133 e. The highest BCUT2D eigenvalue weighted by Crippen LogP contribution is 2.26. The van der Waals surface area contributed by atoms with Crippen molar-refractivity contribution in [1.29, 1.82) is 0 Å². The van der Waals surface area contributed by atoms with E-state index in [9.17, 15) is 0 Å². The molecular formula is C16H17Br2NO. The third kappa shape index (κ3) is 4.33. The summed E-state index contributed by atoms with van der Waals surface area (Å²) in [4.78, 5) is 2.29. The quantitative estimate of drug-likeness (QED) is 0.713. The van der Waals surface area contributed by atoms with E-state index >= 15 is 0 Å². The minimum atomic E-state index is 0.865. The van der Waals surface area contributed by atoms with Crippen LogP contribution >= 0.6 is 31.9 Å².